The fourth-order valence-corrected chi connectivity index (χ4v) is 3.29. The summed E-state index contributed by atoms with van der Waals surface area (Å²) in [6.45, 7) is 6.38. The van der Waals surface area contributed by atoms with Crippen LogP contribution in [0.1, 0.15) is 43.6 Å². The first-order valence-corrected chi connectivity index (χ1v) is 8.00. The summed E-state index contributed by atoms with van der Waals surface area (Å²) in [5.41, 5.74) is 1.26. The fraction of sp³-hybridized carbons (Fsp3) is 0.529. The number of likely N-dealkylation sites (tertiary alicyclic amines) is 1. The van der Waals surface area contributed by atoms with Gasteiger partial charge in [-0.15, -0.1) is 0 Å². The lowest BCUT2D eigenvalue weighted by Crippen LogP contribution is -2.34. The highest BCUT2D eigenvalue weighted by molar-refractivity contribution is 5.86. The molecule has 0 unspecified atom stereocenters. The summed E-state index contributed by atoms with van der Waals surface area (Å²) in [4.78, 5) is 20.5. The van der Waals surface area contributed by atoms with Crippen molar-refractivity contribution in [1.29, 1.82) is 0 Å². The van der Waals surface area contributed by atoms with E-state index >= 15 is 0 Å². The monoisotopic (exact) mass is 301 g/mol. The molecule has 2 atom stereocenters. The van der Waals surface area contributed by atoms with Crippen molar-refractivity contribution >= 4 is 17.3 Å². The molecule has 1 fully saturated rings. The van der Waals surface area contributed by atoms with Gasteiger partial charge in [0.15, 0.2) is 6.29 Å². The Morgan fingerprint density at radius 3 is 2.86 bits per heavy atom. The molecule has 1 aliphatic rings. The zero-order valence-electron chi connectivity index (χ0n) is 13.2. The minimum Gasteiger partial charge on any atom is -0.492 e. The lowest BCUT2D eigenvalue weighted by atomic mass is 10.2. The van der Waals surface area contributed by atoms with Crippen LogP contribution in [-0.4, -0.2) is 46.4 Å². The molecule has 1 aliphatic heterocycles. The SMILES string of the molecule is C[C@@H]1CC[C@@H](C)N1CCCOc1cnc2[nH]c(C=O)cc2c1. The van der Waals surface area contributed by atoms with E-state index in [1.165, 1.54) is 12.8 Å². The zero-order chi connectivity index (χ0) is 15.5. The molecule has 0 radical (unpaired) electrons. The second-order valence-electron chi connectivity index (χ2n) is 6.17. The predicted octanol–water partition coefficient (Wildman–Crippen LogP) is 3.02. The average molecular weight is 301 g/mol. The van der Waals surface area contributed by atoms with Gasteiger partial charge in [0.2, 0.25) is 0 Å². The van der Waals surface area contributed by atoms with E-state index in [1.54, 1.807) is 12.3 Å². The number of carbonyl (C=O) groups is 1. The van der Waals surface area contributed by atoms with Gasteiger partial charge >= 0.3 is 0 Å². The Labute approximate surface area is 130 Å². The van der Waals surface area contributed by atoms with E-state index in [0.29, 0.717) is 30.0 Å². The smallest absolute Gasteiger partial charge is 0.166 e. The Bertz CT molecular complexity index is 642. The second kappa shape index (κ2) is 6.48. The number of hydrogen-bond donors (Lipinski definition) is 1. The molecule has 0 amide bonds. The van der Waals surface area contributed by atoms with Gasteiger partial charge in [-0.3, -0.25) is 9.69 Å². The molecular formula is C17H23N3O2. The zero-order valence-corrected chi connectivity index (χ0v) is 13.2. The Balaban J connectivity index is 1.52. The van der Waals surface area contributed by atoms with Crippen LogP contribution in [-0.2, 0) is 0 Å². The Hall–Kier alpha value is -1.88. The molecule has 2 aromatic heterocycles. The molecule has 0 saturated carbocycles. The fourth-order valence-electron chi connectivity index (χ4n) is 3.29. The first kappa shape index (κ1) is 15.0. The number of nitrogens with zero attached hydrogens (tertiary/aromatic N) is 2. The Morgan fingerprint density at radius 2 is 2.14 bits per heavy atom. The maximum atomic E-state index is 10.8. The van der Waals surface area contributed by atoms with Crippen LogP contribution >= 0.6 is 0 Å². The van der Waals surface area contributed by atoms with Gasteiger partial charge in [0.05, 0.1) is 18.5 Å². The molecule has 118 valence electrons. The third-order valence-corrected chi connectivity index (χ3v) is 4.56. The van der Waals surface area contributed by atoms with Crippen molar-refractivity contribution in [2.24, 2.45) is 0 Å². The average Bonchev–Trinajstić information content (AvgIpc) is 3.07. The summed E-state index contributed by atoms with van der Waals surface area (Å²) < 4.78 is 5.80. The molecule has 3 heterocycles. The van der Waals surface area contributed by atoms with Crippen molar-refractivity contribution in [2.75, 3.05) is 13.2 Å². The number of aldehydes is 1. The highest BCUT2D eigenvalue weighted by Gasteiger charge is 2.26. The van der Waals surface area contributed by atoms with Crippen LogP contribution in [0.2, 0.25) is 0 Å². The quantitative estimate of drug-likeness (QED) is 0.658. The van der Waals surface area contributed by atoms with Crippen LogP contribution in [0.15, 0.2) is 18.3 Å². The van der Waals surface area contributed by atoms with Gasteiger partial charge in [0, 0.05) is 24.0 Å². The minimum atomic E-state index is 0.539. The van der Waals surface area contributed by atoms with E-state index in [0.717, 1.165) is 30.4 Å². The van der Waals surface area contributed by atoms with E-state index in [9.17, 15) is 4.79 Å². The maximum absolute atomic E-state index is 10.8. The standard InChI is InChI=1S/C17H23N3O2/c1-12-4-5-13(2)20(12)6-3-7-22-16-9-14-8-15(11-21)19-17(14)18-10-16/h8-13H,3-7H2,1-2H3,(H,18,19)/t12-,13-/m1/s1. The summed E-state index contributed by atoms with van der Waals surface area (Å²) in [5, 5.41) is 0.904. The largest absolute Gasteiger partial charge is 0.492 e. The van der Waals surface area contributed by atoms with Crippen molar-refractivity contribution in [1.82, 2.24) is 14.9 Å². The first-order chi connectivity index (χ1) is 10.7. The number of ether oxygens (including phenoxy) is 1. The number of nitrogens with one attached hydrogen (secondary N) is 1. The summed E-state index contributed by atoms with van der Waals surface area (Å²) in [7, 11) is 0. The lowest BCUT2D eigenvalue weighted by Gasteiger charge is -2.25. The van der Waals surface area contributed by atoms with Crippen LogP contribution in [0.4, 0.5) is 0 Å². The molecule has 5 heteroatoms. The van der Waals surface area contributed by atoms with Gasteiger partial charge in [-0.2, -0.15) is 0 Å². The topological polar surface area (TPSA) is 58.2 Å². The minimum absolute atomic E-state index is 0.539. The summed E-state index contributed by atoms with van der Waals surface area (Å²) in [5.74, 6) is 0.756. The van der Waals surface area contributed by atoms with E-state index < -0.39 is 0 Å². The molecule has 5 nitrogen and oxygen atoms in total. The first-order valence-electron chi connectivity index (χ1n) is 8.00. The van der Waals surface area contributed by atoms with Crippen LogP contribution in [0, 0.1) is 0 Å². The number of H-pyrrole nitrogens is 1. The molecule has 0 spiro atoms. The molecule has 3 rings (SSSR count). The molecule has 0 aromatic carbocycles. The molecule has 1 saturated heterocycles. The van der Waals surface area contributed by atoms with Crippen LogP contribution in [0.25, 0.3) is 11.0 Å². The van der Waals surface area contributed by atoms with Gasteiger partial charge in [0.1, 0.15) is 11.4 Å². The lowest BCUT2D eigenvalue weighted by molar-refractivity contribution is 0.111. The van der Waals surface area contributed by atoms with E-state index in [1.807, 2.05) is 6.07 Å². The number of aromatic nitrogens is 2. The number of hydrogen-bond acceptors (Lipinski definition) is 4. The van der Waals surface area contributed by atoms with Gasteiger partial charge in [-0.1, -0.05) is 0 Å². The van der Waals surface area contributed by atoms with Crippen molar-refractivity contribution in [3.8, 4) is 5.75 Å². The molecule has 1 N–H and O–H groups in total. The molecular weight excluding hydrogens is 278 g/mol. The Morgan fingerprint density at radius 1 is 1.36 bits per heavy atom. The highest BCUT2D eigenvalue weighted by Crippen LogP contribution is 2.23. The molecule has 0 aliphatic carbocycles. The number of fused-ring (bicyclic) bond motifs is 1. The number of rotatable bonds is 6. The highest BCUT2D eigenvalue weighted by atomic mass is 16.5. The van der Waals surface area contributed by atoms with Crippen LogP contribution in [0.5, 0.6) is 5.75 Å². The summed E-state index contributed by atoms with van der Waals surface area (Å²) in [6, 6.07) is 5.09. The van der Waals surface area contributed by atoms with E-state index in [-0.39, 0.29) is 0 Å². The number of carbonyl (C=O) groups excluding carboxylic acids is 1. The van der Waals surface area contributed by atoms with Crippen LogP contribution in [0.3, 0.4) is 0 Å². The number of pyridine rings is 1. The van der Waals surface area contributed by atoms with Gasteiger partial charge in [-0.25, -0.2) is 4.98 Å². The number of aromatic amines is 1. The summed E-state index contributed by atoms with van der Waals surface area (Å²) in [6.07, 6.45) is 6.11. The van der Waals surface area contributed by atoms with Crippen LogP contribution < -0.4 is 4.74 Å². The van der Waals surface area contributed by atoms with Gasteiger partial charge in [0.25, 0.3) is 0 Å². The molecule has 2 aromatic rings. The summed E-state index contributed by atoms with van der Waals surface area (Å²) >= 11 is 0. The normalized spacial score (nSPS) is 22.3. The van der Waals surface area contributed by atoms with Crippen molar-refractivity contribution in [3.05, 3.63) is 24.0 Å². The Kier molecular flexibility index (Phi) is 4.43. The van der Waals surface area contributed by atoms with E-state index in [2.05, 4.69) is 28.7 Å². The van der Waals surface area contributed by atoms with Crippen molar-refractivity contribution in [2.45, 2.75) is 45.2 Å². The van der Waals surface area contributed by atoms with Crippen molar-refractivity contribution < 1.29 is 9.53 Å². The van der Waals surface area contributed by atoms with Gasteiger partial charge in [-0.05, 0) is 45.2 Å². The molecule has 0 bridgehead atoms. The third-order valence-electron chi connectivity index (χ3n) is 4.56. The predicted molar refractivity (Wildman–Crippen MR) is 86.5 cm³/mol. The van der Waals surface area contributed by atoms with Gasteiger partial charge < -0.3 is 9.72 Å². The van der Waals surface area contributed by atoms with E-state index in [4.69, 9.17) is 4.74 Å². The third kappa shape index (κ3) is 3.14. The second-order valence-corrected chi connectivity index (χ2v) is 6.17. The van der Waals surface area contributed by atoms with Crippen molar-refractivity contribution in [3.63, 3.8) is 0 Å². The molecule has 22 heavy (non-hydrogen) atoms. The maximum Gasteiger partial charge on any atom is 0.166 e.